The largest absolute Gasteiger partial charge is 0.493 e. The van der Waals surface area contributed by atoms with Crippen molar-refractivity contribution in [2.45, 2.75) is 41.8 Å². The summed E-state index contributed by atoms with van der Waals surface area (Å²) in [5.41, 5.74) is 1.51. The Hall–Kier alpha value is -2.92. The van der Waals surface area contributed by atoms with Gasteiger partial charge in [-0.1, -0.05) is 42.5 Å². The normalized spacial score (nSPS) is 14.1. The van der Waals surface area contributed by atoms with Gasteiger partial charge in [-0.25, -0.2) is 21.6 Å². The molecule has 8 nitrogen and oxygen atoms in total. The Kier molecular flexibility index (Phi) is 7.46. The van der Waals surface area contributed by atoms with Crippen molar-refractivity contribution in [3.63, 3.8) is 0 Å². The smallest absolute Gasteiger partial charge is 0.243 e. The number of sulfonamides is 2. The molecule has 0 radical (unpaired) electrons. The molecule has 0 unspecified atom stereocenters. The van der Waals surface area contributed by atoms with Crippen LogP contribution in [0.15, 0.2) is 82.6 Å². The summed E-state index contributed by atoms with van der Waals surface area (Å²) in [7, 11) is -4.63. The Labute approximate surface area is 206 Å². The molecule has 4 rings (SSSR count). The molecule has 0 saturated heterocycles. The molecule has 0 aliphatic heterocycles. The van der Waals surface area contributed by atoms with E-state index < -0.39 is 20.0 Å². The molecular formula is C25H28N2O6S2. The number of para-hydroxylation sites is 1. The maximum absolute atomic E-state index is 13.5. The molecule has 186 valence electrons. The number of methoxy groups -OCH3 is 2. The molecule has 3 aromatic rings. The third-order valence-corrected chi connectivity index (χ3v) is 9.14. The number of hydrogen-bond donors (Lipinski definition) is 1. The van der Waals surface area contributed by atoms with Crippen LogP contribution in [-0.2, 0) is 33.1 Å². The van der Waals surface area contributed by atoms with Crippen LogP contribution in [0.1, 0.15) is 24.0 Å². The molecule has 0 bridgehead atoms. The summed E-state index contributed by atoms with van der Waals surface area (Å²) in [6, 6.07) is 19.7. The molecule has 1 N–H and O–H groups in total. The number of benzene rings is 3. The molecule has 1 saturated carbocycles. The van der Waals surface area contributed by atoms with Gasteiger partial charge in [0, 0.05) is 24.7 Å². The van der Waals surface area contributed by atoms with Crippen LogP contribution in [0.5, 0.6) is 11.5 Å². The summed E-state index contributed by atoms with van der Waals surface area (Å²) < 4.78 is 67.3. The van der Waals surface area contributed by atoms with Crippen molar-refractivity contribution >= 4 is 20.0 Å². The van der Waals surface area contributed by atoms with Crippen LogP contribution in [0, 0.1) is 0 Å². The Morgan fingerprint density at radius 3 is 2.09 bits per heavy atom. The average molecular weight is 517 g/mol. The molecule has 3 aromatic carbocycles. The second-order valence-electron chi connectivity index (χ2n) is 8.22. The van der Waals surface area contributed by atoms with Gasteiger partial charge in [-0.2, -0.15) is 4.31 Å². The van der Waals surface area contributed by atoms with Gasteiger partial charge < -0.3 is 9.47 Å². The predicted molar refractivity (Wildman–Crippen MR) is 132 cm³/mol. The van der Waals surface area contributed by atoms with Crippen LogP contribution < -0.4 is 14.2 Å². The second kappa shape index (κ2) is 10.4. The van der Waals surface area contributed by atoms with E-state index in [1.165, 1.54) is 42.8 Å². The summed E-state index contributed by atoms with van der Waals surface area (Å²) in [5, 5.41) is 0. The number of rotatable bonds is 11. The SMILES string of the molecule is COc1cccc(CN(C2CC2)S(=O)(=O)c2ccc(S(=O)(=O)NCc3ccccc3)cc2)c1OC. The van der Waals surface area contributed by atoms with E-state index in [1.807, 2.05) is 30.3 Å². The maximum atomic E-state index is 13.5. The lowest BCUT2D eigenvalue weighted by Gasteiger charge is -2.23. The maximum Gasteiger partial charge on any atom is 0.243 e. The molecule has 0 spiro atoms. The van der Waals surface area contributed by atoms with Crippen molar-refractivity contribution in [2.75, 3.05) is 14.2 Å². The number of nitrogens with zero attached hydrogens (tertiary/aromatic N) is 1. The predicted octanol–water partition coefficient (Wildman–Crippen LogP) is 3.54. The first-order valence-electron chi connectivity index (χ1n) is 11.1. The van der Waals surface area contributed by atoms with E-state index in [9.17, 15) is 16.8 Å². The van der Waals surface area contributed by atoms with Gasteiger partial charge in [0.05, 0.1) is 24.0 Å². The van der Waals surface area contributed by atoms with Crippen molar-refractivity contribution in [1.29, 1.82) is 0 Å². The molecule has 1 aliphatic rings. The quantitative estimate of drug-likeness (QED) is 0.418. The third kappa shape index (κ3) is 5.67. The van der Waals surface area contributed by atoms with Crippen LogP contribution in [0.25, 0.3) is 0 Å². The highest BCUT2D eigenvalue weighted by atomic mass is 32.2. The molecule has 1 fully saturated rings. The molecule has 0 heterocycles. The Morgan fingerprint density at radius 1 is 0.829 bits per heavy atom. The van der Waals surface area contributed by atoms with Gasteiger partial charge in [-0.05, 0) is 48.7 Å². The number of hydrogen-bond acceptors (Lipinski definition) is 6. The van der Waals surface area contributed by atoms with Gasteiger partial charge in [0.15, 0.2) is 11.5 Å². The van der Waals surface area contributed by atoms with Crippen LogP contribution >= 0.6 is 0 Å². The second-order valence-corrected chi connectivity index (χ2v) is 11.9. The summed E-state index contributed by atoms with van der Waals surface area (Å²) in [6.45, 7) is 0.257. The molecule has 0 atom stereocenters. The number of ether oxygens (including phenoxy) is 2. The Bertz CT molecular complexity index is 1370. The highest BCUT2D eigenvalue weighted by Crippen LogP contribution is 2.37. The van der Waals surface area contributed by atoms with Gasteiger partial charge in [0.1, 0.15) is 0 Å². The van der Waals surface area contributed by atoms with E-state index in [-0.39, 0.29) is 28.9 Å². The highest BCUT2D eigenvalue weighted by Gasteiger charge is 2.38. The molecule has 35 heavy (non-hydrogen) atoms. The molecule has 1 aliphatic carbocycles. The van der Waals surface area contributed by atoms with E-state index in [2.05, 4.69) is 4.72 Å². The minimum absolute atomic E-state index is 0.000168. The summed E-state index contributed by atoms with van der Waals surface area (Å²) in [6.07, 6.45) is 1.53. The van der Waals surface area contributed by atoms with Crippen molar-refractivity contribution < 1.29 is 26.3 Å². The highest BCUT2D eigenvalue weighted by molar-refractivity contribution is 7.89. The number of nitrogens with one attached hydrogen (secondary N) is 1. The van der Waals surface area contributed by atoms with Gasteiger partial charge >= 0.3 is 0 Å². The van der Waals surface area contributed by atoms with Gasteiger partial charge in [0.25, 0.3) is 0 Å². The third-order valence-electron chi connectivity index (χ3n) is 5.81. The molecular weight excluding hydrogens is 488 g/mol. The lowest BCUT2D eigenvalue weighted by Crippen LogP contribution is -2.33. The van der Waals surface area contributed by atoms with Gasteiger partial charge in [0.2, 0.25) is 20.0 Å². The summed E-state index contributed by atoms with van der Waals surface area (Å²) in [5.74, 6) is 1.01. The van der Waals surface area contributed by atoms with Crippen LogP contribution in [-0.4, -0.2) is 41.4 Å². The van der Waals surface area contributed by atoms with Crippen molar-refractivity contribution in [2.24, 2.45) is 0 Å². The van der Waals surface area contributed by atoms with E-state index in [1.54, 1.807) is 18.2 Å². The first-order chi connectivity index (χ1) is 16.8. The van der Waals surface area contributed by atoms with E-state index in [4.69, 9.17) is 9.47 Å². The topological polar surface area (TPSA) is 102 Å². The zero-order chi connectivity index (χ0) is 25.1. The van der Waals surface area contributed by atoms with E-state index in [0.29, 0.717) is 17.1 Å². The first-order valence-corrected chi connectivity index (χ1v) is 14.0. The first kappa shape index (κ1) is 25.2. The standard InChI is InChI=1S/C25H28N2O6S2/c1-32-24-10-6-9-20(25(24)33-2)18-27(21-11-12-21)35(30,31)23-15-13-22(14-16-23)34(28,29)26-17-19-7-4-3-5-8-19/h3-10,13-16,21,26H,11-12,17-18H2,1-2H3. The Balaban J connectivity index is 1.55. The Morgan fingerprint density at radius 2 is 1.49 bits per heavy atom. The van der Waals surface area contributed by atoms with Crippen LogP contribution in [0.3, 0.4) is 0 Å². The minimum atomic E-state index is -3.88. The average Bonchev–Trinajstić information content (AvgIpc) is 3.71. The van der Waals surface area contributed by atoms with Crippen LogP contribution in [0.2, 0.25) is 0 Å². The van der Waals surface area contributed by atoms with Crippen molar-refractivity contribution in [1.82, 2.24) is 9.03 Å². The minimum Gasteiger partial charge on any atom is -0.493 e. The molecule has 0 aromatic heterocycles. The summed E-state index contributed by atoms with van der Waals surface area (Å²) in [4.78, 5) is 0.0353. The fraction of sp³-hybridized carbons (Fsp3) is 0.280. The zero-order valence-electron chi connectivity index (χ0n) is 19.5. The molecule has 0 amide bonds. The zero-order valence-corrected chi connectivity index (χ0v) is 21.2. The van der Waals surface area contributed by atoms with E-state index >= 15 is 0 Å². The monoisotopic (exact) mass is 516 g/mol. The van der Waals surface area contributed by atoms with E-state index in [0.717, 1.165) is 18.4 Å². The van der Waals surface area contributed by atoms with Gasteiger partial charge in [-0.3, -0.25) is 0 Å². The fourth-order valence-electron chi connectivity index (χ4n) is 3.80. The van der Waals surface area contributed by atoms with Crippen molar-refractivity contribution in [3.05, 3.63) is 83.9 Å². The summed E-state index contributed by atoms with van der Waals surface area (Å²) >= 11 is 0. The van der Waals surface area contributed by atoms with Crippen molar-refractivity contribution in [3.8, 4) is 11.5 Å². The fourth-order valence-corrected chi connectivity index (χ4v) is 6.48. The van der Waals surface area contributed by atoms with Gasteiger partial charge in [-0.15, -0.1) is 0 Å². The lowest BCUT2D eigenvalue weighted by atomic mass is 10.2. The van der Waals surface area contributed by atoms with Crippen LogP contribution in [0.4, 0.5) is 0 Å². The lowest BCUT2D eigenvalue weighted by molar-refractivity contribution is 0.341. The molecule has 10 heteroatoms.